The van der Waals surface area contributed by atoms with Gasteiger partial charge in [0.15, 0.2) is 0 Å². The SMILES string of the molecule is CCCCCN(C)S(=O)(=O)c1cc(Cl)c(Br)s1. The molecule has 0 amide bonds. The molecule has 17 heavy (non-hydrogen) atoms. The van der Waals surface area contributed by atoms with Gasteiger partial charge in [0.05, 0.1) is 8.81 Å². The van der Waals surface area contributed by atoms with E-state index in [1.807, 2.05) is 0 Å². The number of rotatable bonds is 6. The lowest BCUT2D eigenvalue weighted by Gasteiger charge is -2.15. The molecule has 1 aromatic rings. The van der Waals surface area contributed by atoms with Crippen LogP contribution in [0.5, 0.6) is 0 Å². The minimum atomic E-state index is -3.38. The fourth-order valence-electron chi connectivity index (χ4n) is 1.31. The highest BCUT2D eigenvalue weighted by Gasteiger charge is 2.23. The van der Waals surface area contributed by atoms with E-state index in [9.17, 15) is 8.42 Å². The van der Waals surface area contributed by atoms with Gasteiger partial charge in [-0.05, 0) is 28.4 Å². The maximum atomic E-state index is 12.1. The summed E-state index contributed by atoms with van der Waals surface area (Å²) in [6, 6.07) is 1.49. The lowest BCUT2D eigenvalue weighted by Crippen LogP contribution is -2.27. The van der Waals surface area contributed by atoms with E-state index in [0.717, 1.165) is 30.6 Å². The zero-order valence-electron chi connectivity index (χ0n) is 9.74. The topological polar surface area (TPSA) is 37.4 Å². The summed E-state index contributed by atoms with van der Waals surface area (Å²) in [4.78, 5) is 0. The molecule has 0 aliphatic carbocycles. The van der Waals surface area contributed by atoms with Crippen molar-refractivity contribution in [2.24, 2.45) is 0 Å². The summed E-state index contributed by atoms with van der Waals surface area (Å²) in [6.45, 7) is 2.63. The summed E-state index contributed by atoms with van der Waals surface area (Å²) < 4.78 is 26.6. The zero-order chi connectivity index (χ0) is 13.1. The Bertz CT molecular complexity index is 453. The van der Waals surface area contributed by atoms with E-state index in [0.29, 0.717) is 15.4 Å². The van der Waals surface area contributed by atoms with Crippen LogP contribution >= 0.6 is 38.9 Å². The number of thiophene rings is 1. The quantitative estimate of drug-likeness (QED) is 0.720. The van der Waals surface area contributed by atoms with Crippen LogP contribution in [0.1, 0.15) is 26.2 Å². The Morgan fingerprint density at radius 3 is 2.59 bits per heavy atom. The highest BCUT2D eigenvalue weighted by Crippen LogP contribution is 2.35. The van der Waals surface area contributed by atoms with E-state index >= 15 is 0 Å². The van der Waals surface area contributed by atoms with Crippen molar-refractivity contribution in [1.29, 1.82) is 0 Å². The predicted octanol–water partition coefficient (Wildman–Crippen LogP) is 3.97. The van der Waals surface area contributed by atoms with Crippen LogP contribution in [0.4, 0.5) is 0 Å². The van der Waals surface area contributed by atoms with Crippen LogP contribution in [-0.4, -0.2) is 26.3 Å². The molecule has 1 aromatic heterocycles. The van der Waals surface area contributed by atoms with Crippen molar-refractivity contribution in [3.63, 3.8) is 0 Å². The van der Waals surface area contributed by atoms with Gasteiger partial charge in [-0.1, -0.05) is 31.4 Å². The molecule has 98 valence electrons. The summed E-state index contributed by atoms with van der Waals surface area (Å²) >= 11 is 10.2. The van der Waals surface area contributed by atoms with Crippen molar-refractivity contribution in [1.82, 2.24) is 4.31 Å². The van der Waals surface area contributed by atoms with Crippen LogP contribution in [0.2, 0.25) is 5.02 Å². The Morgan fingerprint density at radius 2 is 2.12 bits per heavy atom. The lowest BCUT2D eigenvalue weighted by molar-refractivity contribution is 0.456. The number of sulfonamides is 1. The normalized spacial score (nSPS) is 12.3. The number of unbranched alkanes of at least 4 members (excludes halogenated alkanes) is 2. The van der Waals surface area contributed by atoms with Crippen LogP contribution in [0.25, 0.3) is 0 Å². The minimum absolute atomic E-state index is 0.286. The van der Waals surface area contributed by atoms with Crippen molar-refractivity contribution in [2.75, 3.05) is 13.6 Å². The summed E-state index contributed by atoms with van der Waals surface area (Å²) in [5.41, 5.74) is 0. The van der Waals surface area contributed by atoms with Crippen molar-refractivity contribution in [3.8, 4) is 0 Å². The van der Waals surface area contributed by atoms with Gasteiger partial charge >= 0.3 is 0 Å². The Labute approximate surface area is 120 Å². The van der Waals surface area contributed by atoms with Gasteiger partial charge in [0.2, 0.25) is 0 Å². The number of halogens is 2. The maximum absolute atomic E-state index is 12.1. The number of hydrogen-bond donors (Lipinski definition) is 0. The third-order valence-electron chi connectivity index (χ3n) is 2.36. The Balaban J connectivity index is 2.80. The third kappa shape index (κ3) is 3.92. The van der Waals surface area contributed by atoms with Crippen LogP contribution in [0, 0.1) is 0 Å². The average Bonchev–Trinajstić information content (AvgIpc) is 2.60. The molecule has 0 fully saturated rings. The van der Waals surface area contributed by atoms with Gasteiger partial charge in [0.25, 0.3) is 10.0 Å². The Kier molecular flexibility index (Phi) is 5.92. The fraction of sp³-hybridized carbons (Fsp3) is 0.600. The molecular formula is C10H15BrClNO2S2. The first-order chi connectivity index (χ1) is 7.89. The van der Waals surface area contributed by atoms with Crippen molar-refractivity contribution >= 4 is 48.9 Å². The van der Waals surface area contributed by atoms with Crippen molar-refractivity contribution < 1.29 is 8.42 Å². The second-order valence-corrected chi connectivity index (χ2v) is 8.77. The number of nitrogens with zero attached hydrogens (tertiary/aromatic N) is 1. The molecule has 0 aliphatic rings. The van der Waals surface area contributed by atoms with Crippen LogP contribution in [-0.2, 0) is 10.0 Å². The molecule has 1 rings (SSSR count). The smallest absolute Gasteiger partial charge is 0.206 e. The minimum Gasteiger partial charge on any atom is -0.206 e. The summed E-state index contributed by atoms with van der Waals surface area (Å²) in [7, 11) is -1.78. The van der Waals surface area contributed by atoms with Crippen molar-refractivity contribution in [3.05, 3.63) is 14.9 Å². The monoisotopic (exact) mass is 359 g/mol. The molecule has 0 N–H and O–H groups in total. The predicted molar refractivity (Wildman–Crippen MR) is 76.4 cm³/mol. The van der Waals surface area contributed by atoms with Gasteiger partial charge in [-0.15, -0.1) is 11.3 Å². The van der Waals surface area contributed by atoms with E-state index in [-0.39, 0.29) is 4.21 Å². The van der Waals surface area contributed by atoms with Crippen molar-refractivity contribution in [2.45, 2.75) is 30.4 Å². The first kappa shape index (κ1) is 15.4. The maximum Gasteiger partial charge on any atom is 0.252 e. The molecule has 0 aliphatic heterocycles. The zero-order valence-corrected chi connectivity index (χ0v) is 13.7. The molecule has 0 aromatic carbocycles. The lowest BCUT2D eigenvalue weighted by atomic mass is 10.2. The van der Waals surface area contributed by atoms with Crippen LogP contribution in [0.3, 0.4) is 0 Å². The Hall–Kier alpha value is 0.380. The highest BCUT2D eigenvalue weighted by atomic mass is 79.9. The molecule has 0 unspecified atom stereocenters. The van der Waals surface area contributed by atoms with Gasteiger partial charge < -0.3 is 0 Å². The summed E-state index contributed by atoms with van der Waals surface area (Å²) in [6.07, 6.45) is 2.99. The molecule has 7 heteroatoms. The largest absolute Gasteiger partial charge is 0.252 e. The van der Waals surface area contributed by atoms with Crippen LogP contribution < -0.4 is 0 Å². The number of hydrogen-bond acceptors (Lipinski definition) is 3. The fourth-order valence-corrected chi connectivity index (χ4v) is 5.13. The molecule has 0 radical (unpaired) electrons. The van der Waals surface area contributed by atoms with E-state index < -0.39 is 10.0 Å². The molecular weight excluding hydrogens is 346 g/mol. The van der Waals surface area contributed by atoms with Gasteiger partial charge in [0, 0.05) is 13.6 Å². The summed E-state index contributed by atoms with van der Waals surface area (Å²) in [5, 5.41) is 0.440. The van der Waals surface area contributed by atoms with Gasteiger partial charge in [-0.3, -0.25) is 0 Å². The van der Waals surface area contributed by atoms with Gasteiger partial charge in [-0.25, -0.2) is 12.7 Å². The molecule has 0 saturated heterocycles. The van der Waals surface area contributed by atoms with Crippen LogP contribution in [0.15, 0.2) is 14.1 Å². The van der Waals surface area contributed by atoms with E-state index in [4.69, 9.17) is 11.6 Å². The average molecular weight is 361 g/mol. The van der Waals surface area contributed by atoms with Gasteiger partial charge in [-0.2, -0.15) is 0 Å². The standard InChI is InChI=1S/C10H15BrClNO2S2/c1-3-4-5-6-13(2)17(14,15)9-7-8(12)10(11)16-9/h7H,3-6H2,1-2H3. The molecule has 0 spiro atoms. The van der Waals surface area contributed by atoms with Gasteiger partial charge in [0.1, 0.15) is 4.21 Å². The van der Waals surface area contributed by atoms with E-state index in [2.05, 4.69) is 22.9 Å². The molecule has 0 bridgehead atoms. The molecule has 1 heterocycles. The molecule has 0 saturated carbocycles. The second kappa shape index (κ2) is 6.52. The molecule has 3 nitrogen and oxygen atoms in total. The van der Waals surface area contributed by atoms with E-state index in [1.165, 1.54) is 10.4 Å². The third-order valence-corrected chi connectivity index (χ3v) is 7.14. The first-order valence-corrected chi connectivity index (χ1v) is 8.73. The summed E-state index contributed by atoms with van der Waals surface area (Å²) in [5.74, 6) is 0. The van der Waals surface area contributed by atoms with E-state index in [1.54, 1.807) is 7.05 Å². The second-order valence-electron chi connectivity index (χ2n) is 3.72. The highest BCUT2D eigenvalue weighted by molar-refractivity contribution is 9.11. The molecule has 0 atom stereocenters. The first-order valence-electron chi connectivity index (χ1n) is 5.30. The Morgan fingerprint density at radius 1 is 1.47 bits per heavy atom.